The van der Waals surface area contributed by atoms with Crippen LogP contribution in [0.3, 0.4) is 0 Å². The van der Waals surface area contributed by atoms with Gasteiger partial charge in [-0.1, -0.05) is 23.2 Å². The predicted molar refractivity (Wildman–Crippen MR) is 79.8 cm³/mol. The second kappa shape index (κ2) is 6.44. The van der Waals surface area contributed by atoms with E-state index in [9.17, 15) is 4.39 Å². The first-order valence-electron chi connectivity index (χ1n) is 6.09. The molecule has 0 fully saturated rings. The van der Waals surface area contributed by atoms with Crippen molar-refractivity contribution in [2.75, 3.05) is 0 Å². The normalized spacial score (nSPS) is 12.2. The van der Waals surface area contributed by atoms with E-state index in [0.29, 0.717) is 21.4 Å². The van der Waals surface area contributed by atoms with Crippen LogP contribution in [0.4, 0.5) is 4.39 Å². The Morgan fingerprint density at radius 1 is 1.15 bits per heavy atom. The fourth-order valence-electron chi connectivity index (χ4n) is 1.82. The molecular weight excluding hydrogens is 300 g/mol. The summed E-state index contributed by atoms with van der Waals surface area (Å²) in [7, 11) is 0. The molecule has 1 atom stereocenters. The molecule has 0 spiro atoms. The molecule has 2 aromatic rings. The maximum absolute atomic E-state index is 13.6. The van der Waals surface area contributed by atoms with Crippen molar-refractivity contribution in [2.24, 2.45) is 5.73 Å². The van der Waals surface area contributed by atoms with Gasteiger partial charge in [-0.2, -0.15) is 0 Å². The first-order valence-corrected chi connectivity index (χ1v) is 6.84. The molecule has 0 saturated carbocycles. The van der Waals surface area contributed by atoms with Crippen molar-refractivity contribution in [3.05, 3.63) is 63.4 Å². The van der Waals surface area contributed by atoms with Gasteiger partial charge in [0.25, 0.3) is 0 Å². The third-order valence-corrected chi connectivity index (χ3v) is 3.32. The minimum Gasteiger partial charge on any atom is -0.488 e. The zero-order valence-corrected chi connectivity index (χ0v) is 12.4. The highest BCUT2D eigenvalue weighted by Gasteiger charge is 2.10. The molecule has 2 nitrogen and oxygen atoms in total. The van der Waals surface area contributed by atoms with Crippen molar-refractivity contribution in [1.82, 2.24) is 0 Å². The average molecular weight is 314 g/mol. The van der Waals surface area contributed by atoms with Crippen LogP contribution < -0.4 is 10.5 Å². The molecule has 0 aliphatic heterocycles. The molecular formula is C15H14Cl2FNO. The van der Waals surface area contributed by atoms with E-state index >= 15 is 0 Å². The second-order valence-electron chi connectivity index (χ2n) is 4.50. The summed E-state index contributed by atoms with van der Waals surface area (Å²) in [6.45, 7) is 1.91. The first kappa shape index (κ1) is 15.1. The number of rotatable bonds is 4. The number of hydrogen-bond donors (Lipinski definition) is 1. The topological polar surface area (TPSA) is 35.2 Å². The van der Waals surface area contributed by atoms with Gasteiger partial charge in [-0.25, -0.2) is 4.39 Å². The standard InChI is InChI=1S/C15H14Cl2FNO/c1-9(19)13-7-12(17)3-5-15(13)20-8-10-6-11(16)2-4-14(10)18/h2-7,9H,8,19H2,1H3/t9-/m1/s1. The Labute approximate surface area is 127 Å². The Morgan fingerprint density at radius 3 is 2.50 bits per heavy atom. The summed E-state index contributed by atoms with van der Waals surface area (Å²) >= 11 is 11.8. The van der Waals surface area contributed by atoms with Gasteiger partial charge in [0, 0.05) is 27.2 Å². The van der Waals surface area contributed by atoms with Crippen LogP contribution in [-0.4, -0.2) is 0 Å². The Morgan fingerprint density at radius 2 is 1.80 bits per heavy atom. The summed E-state index contributed by atoms with van der Waals surface area (Å²) in [6.07, 6.45) is 0. The van der Waals surface area contributed by atoms with Crippen molar-refractivity contribution in [3.63, 3.8) is 0 Å². The van der Waals surface area contributed by atoms with Crippen molar-refractivity contribution in [1.29, 1.82) is 0 Å². The van der Waals surface area contributed by atoms with E-state index in [-0.39, 0.29) is 18.5 Å². The fraction of sp³-hybridized carbons (Fsp3) is 0.200. The summed E-state index contributed by atoms with van der Waals surface area (Å²) in [5.74, 6) is 0.231. The summed E-state index contributed by atoms with van der Waals surface area (Å²) in [4.78, 5) is 0. The van der Waals surface area contributed by atoms with Crippen LogP contribution in [0.25, 0.3) is 0 Å². The summed E-state index contributed by atoms with van der Waals surface area (Å²) in [5, 5.41) is 1.05. The molecule has 0 radical (unpaired) electrons. The van der Waals surface area contributed by atoms with E-state index in [1.165, 1.54) is 12.1 Å². The lowest BCUT2D eigenvalue weighted by atomic mass is 10.1. The Kier molecular flexibility index (Phi) is 4.86. The molecule has 2 aromatic carbocycles. The first-order chi connectivity index (χ1) is 9.47. The molecule has 0 heterocycles. The van der Waals surface area contributed by atoms with Gasteiger partial charge in [-0.3, -0.25) is 0 Å². The van der Waals surface area contributed by atoms with E-state index in [0.717, 1.165) is 5.56 Å². The van der Waals surface area contributed by atoms with Crippen LogP contribution >= 0.6 is 23.2 Å². The molecule has 0 saturated heterocycles. The summed E-state index contributed by atoms with van der Waals surface area (Å²) in [5.41, 5.74) is 7.04. The highest BCUT2D eigenvalue weighted by Crippen LogP contribution is 2.28. The van der Waals surface area contributed by atoms with Crippen molar-refractivity contribution in [3.8, 4) is 5.75 Å². The van der Waals surface area contributed by atoms with Crippen molar-refractivity contribution >= 4 is 23.2 Å². The molecule has 2 N–H and O–H groups in total. The molecule has 20 heavy (non-hydrogen) atoms. The van der Waals surface area contributed by atoms with E-state index in [4.69, 9.17) is 33.7 Å². The van der Waals surface area contributed by atoms with Gasteiger partial charge in [-0.15, -0.1) is 0 Å². The molecule has 0 aliphatic rings. The van der Waals surface area contributed by atoms with Crippen LogP contribution in [-0.2, 0) is 6.61 Å². The Hall–Kier alpha value is -1.29. The number of ether oxygens (including phenoxy) is 1. The zero-order chi connectivity index (χ0) is 14.7. The molecule has 5 heteroatoms. The Balaban J connectivity index is 2.20. The average Bonchev–Trinajstić information content (AvgIpc) is 2.40. The van der Waals surface area contributed by atoms with Gasteiger partial charge in [0.1, 0.15) is 18.2 Å². The smallest absolute Gasteiger partial charge is 0.129 e. The van der Waals surface area contributed by atoms with Gasteiger partial charge >= 0.3 is 0 Å². The highest BCUT2D eigenvalue weighted by atomic mass is 35.5. The van der Waals surface area contributed by atoms with Gasteiger partial charge in [-0.05, 0) is 43.3 Å². The lowest BCUT2D eigenvalue weighted by molar-refractivity contribution is 0.295. The second-order valence-corrected chi connectivity index (χ2v) is 5.37. The van der Waals surface area contributed by atoms with Crippen molar-refractivity contribution in [2.45, 2.75) is 19.6 Å². The Bertz CT molecular complexity index is 617. The van der Waals surface area contributed by atoms with Crippen molar-refractivity contribution < 1.29 is 9.13 Å². The molecule has 0 bridgehead atoms. The number of benzene rings is 2. The predicted octanol–water partition coefficient (Wildman–Crippen LogP) is 4.73. The number of nitrogens with two attached hydrogens (primary N) is 1. The zero-order valence-electron chi connectivity index (χ0n) is 10.9. The molecule has 0 aliphatic carbocycles. The fourth-order valence-corrected chi connectivity index (χ4v) is 2.19. The van der Waals surface area contributed by atoms with Crippen LogP contribution in [0, 0.1) is 5.82 Å². The molecule has 2 rings (SSSR count). The number of hydrogen-bond acceptors (Lipinski definition) is 2. The quantitative estimate of drug-likeness (QED) is 0.885. The van der Waals surface area contributed by atoms with Crippen LogP contribution in [0.2, 0.25) is 10.0 Å². The summed E-state index contributed by atoms with van der Waals surface area (Å²) < 4.78 is 19.2. The third-order valence-electron chi connectivity index (χ3n) is 2.85. The van der Waals surface area contributed by atoms with Crippen LogP contribution in [0.1, 0.15) is 24.1 Å². The lowest BCUT2D eigenvalue weighted by Gasteiger charge is -2.15. The summed E-state index contributed by atoms with van der Waals surface area (Å²) in [6, 6.07) is 9.30. The monoisotopic (exact) mass is 313 g/mol. The lowest BCUT2D eigenvalue weighted by Crippen LogP contribution is -2.08. The maximum Gasteiger partial charge on any atom is 0.129 e. The molecule has 0 aromatic heterocycles. The van der Waals surface area contributed by atoms with Gasteiger partial charge in [0.2, 0.25) is 0 Å². The largest absolute Gasteiger partial charge is 0.488 e. The van der Waals surface area contributed by atoms with E-state index in [1.807, 2.05) is 6.92 Å². The van der Waals surface area contributed by atoms with E-state index in [1.54, 1.807) is 24.3 Å². The highest BCUT2D eigenvalue weighted by molar-refractivity contribution is 6.30. The van der Waals surface area contributed by atoms with E-state index < -0.39 is 0 Å². The minimum atomic E-state index is -0.356. The van der Waals surface area contributed by atoms with Crippen LogP contribution in [0.15, 0.2) is 36.4 Å². The molecule has 0 amide bonds. The van der Waals surface area contributed by atoms with Crippen LogP contribution in [0.5, 0.6) is 5.75 Å². The van der Waals surface area contributed by atoms with Gasteiger partial charge < -0.3 is 10.5 Å². The number of halogens is 3. The maximum atomic E-state index is 13.6. The minimum absolute atomic E-state index is 0.0771. The van der Waals surface area contributed by atoms with E-state index in [2.05, 4.69) is 0 Å². The SMILES string of the molecule is C[C@@H](N)c1cc(Cl)ccc1OCc1cc(Cl)ccc1F. The molecule has 0 unspecified atom stereocenters. The van der Waals surface area contributed by atoms with Gasteiger partial charge in [0.15, 0.2) is 0 Å². The third kappa shape index (κ3) is 3.63. The molecule has 106 valence electrons. The van der Waals surface area contributed by atoms with Gasteiger partial charge in [0.05, 0.1) is 0 Å².